The van der Waals surface area contributed by atoms with E-state index in [2.05, 4.69) is 15.6 Å². The number of aryl methyl sites for hydroxylation is 1. The molecule has 0 fully saturated rings. The topological polar surface area (TPSA) is 114 Å². The Morgan fingerprint density at radius 1 is 0.906 bits per heavy atom. The summed E-state index contributed by atoms with van der Waals surface area (Å²) >= 11 is 5.92. The fourth-order valence-electron chi connectivity index (χ4n) is 2.77. The van der Waals surface area contributed by atoms with E-state index in [9.17, 15) is 18.0 Å². The van der Waals surface area contributed by atoms with E-state index in [1.807, 2.05) is 6.92 Å². The van der Waals surface area contributed by atoms with Crippen molar-refractivity contribution in [1.82, 2.24) is 10.9 Å². The van der Waals surface area contributed by atoms with Crippen molar-refractivity contribution in [3.8, 4) is 5.75 Å². The standard InChI is InChI=1S/C22H20ClN3O5S/c1-14-6-9-18(10-7-14)32(29,30)26-17-5-3-4-15(12-17)21(27)24-25-22(28)19-13-16(23)8-11-20(19)31-2/h3-13,26H,1-2H3,(H,24,27)(H,25,28). The second kappa shape index (κ2) is 9.71. The van der Waals surface area contributed by atoms with Gasteiger partial charge in [-0.2, -0.15) is 0 Å². The Morgan fingerprint density at radius 3 is 2.28 bits per heavy atom. The second-order valence-corrected chi connectivity index (χ2v) is 8.87. The van der Waals surface area contributed by atoms with Gasteiger partial charge in [-0.25, -0.2) is 8.42 Å². The highest BCUT2D eigenvalue weighted by Gasteiger charge is 2.17. The highest BCUT2D eigenvalue weighted by molar-refractivity contribution is 7.92. The van der Waals surface area contributed by atoms with Gasteiger partial charge in [-0.15, -0.1) is 0 Å². The zero-order valence-electron chi connectivity index (χ0n) is 17.2. The van der Waals surface area contributed by atoms with Gasteiger partial charge in [0.1, 0.15) is 5.75 Å². The van der Waals surface area contributed by atoms with Gasteiger partial charge >= 0.3 is 0 Å². The number of methoxy groups -OCH3 is 1. The van der Waals surface area contributed by atoms with Crippen LogP contribution in [0, 0.1) is 6.92 Å². The monoisotopic (exact) mass is 473 g/mol. The Labute approximate surface area is 190 Å². The highest BCUT2D eigenvalue weighted by atomic mass is 35.5. The average molecular weight is 474 g/mol. The number of benzene rings is 3. The quantitative estimate of drug-likeness (QED) is 0.474. The summed E-state index contributed by atoms with van der Waals surface area (Å²) in [6.07, 6.45) is 0. The molecule has 0 aliphatic carbocycles. The van der Waals surface area contributed by atoms with Crippen LogP contribution < -0.4 is 20.3 Å². The number of amides is 2. The highest BCUT2D eigenvalue weighted by Crippen LogP contribution is 2.22. The number of carbonyl (C=O) groups is 2. The molecular weight excluding hydrogens is 454 g/mol. The van der Waals surface area contributed by atoms with Crippen LogP contribution >= 0.6 is 11.6 Å². The van der Waals surface area contributed by atoms with Crippen LogP contribution in [0.3, 0.4) is 0 Å². The SMILES string of the molecule is COc1ccc(Cl)cc1C(=O)NNC(=O)c1cccc(NS(=O)(=O)c2ccc(C)cc2)c1. The van der Waals surface area contributed by atoms with Gasteiger partial charge in [-0.05, 0) is 55.5 Å². The predicted octanol–water partition coefficient (Wildman–Crippen LogP) is 3.53. The molecule has 3 aromatic rings. The molecule has 3 rings (SSSR count). The molecule has 0 heterocycles. The van der Waals surface area contributed by atoms with Crippen LogP contribution in [0.1, 0.15) is 26.3 Å². The maximum atomic E-state index is 12.6. The molecular formula is C22H20ClN3O5S. The number of hydrogen-bond acceptors (Lipinski definition) is 5. The molecule has 166 valence electrons. The van der Waals surface area contributed by atoms with Gasteiger partial charge in [0.25, 0.3) is 21.8 Å². The molecule has 3 N–H and O–H groups in total. The summed E-state index contributed by atoms with van der Waals surface area (Å²) in [5, 5.41) is 0.329. The number of nitrogens with one attached hydrogen (secondary N) is 3. The normalized spacial score (nSPS) is 10.8. The first-order valence-corrected chi connectivity index (χ1v) is 11.2. The van der Waals surface area contributed by atoms with E-state index in [0.29, 0.717) is 5.02 Å². The molecule has 0 bridgehead atoms. The number of hydrogen-bond donors (Lipinski definition) is 3. The van der Waals surface area contributed by atoms with Crippen molar-refractivity contribution < 1.29 is 22.7 Å². The van der Waals surface area contributed by atoms with E-state index in [4.69, 9.17) is 16.3 Å². The Hall–Kier alpha value is -3.56. The summed E-state index contributed by atoms with van der Waals surface area (Å²) in [4.78, 5) is 25.0. The molecule has 0 aliphatic heterocycles. The van der Waals surface area contributed by atoms with E-state index in [1.165, 1.54) is 55.6 Å². The largest absolute Gasteiger partial charge is 0.496 e. The predicted molar refractivity (Wildman–Crippen MR) is 121 cm³/mol. The zero-order valence-corrected chi connectivity index (χ0v) is 18.8. The number of sulfonamides is 1. The molecule has 0 atom stereocenters. The van der Waals surface area contributed by atoms with E-state index in [0.717, 1.165) is 5.56 Å². The summed E-state index contributed by atoms with van der Waals surface area (Å²) in [7, 11) is -2.42. The fraction of sp³-hybridized carbons (Fsp3) is 0.0909. The molecule has 0 saturated heterocycles. The Bertz CT molecular complexity index is 1260. The maximum absolute atomic E-state index is 12.6. The third-order valence-corrected chi connectivity index (χ3v) is 6.04. The van der Waals surface area contributed by atoms with Crippen molar-refractivity contribution in [3.63, 3.8) is 0 Å². The van der Waals surface area contributed by atoms with Crippen LogP contribution in [-0.4, -0.2) is 27.3 Å². The first-order chi connectivity index (χ1) is 15.2. The van der Waals surface area contributed by atoms with Crippen molar-refractivity contribution in [2.24, 2.45) is 0 Å². The molecule has 3 aromatic carbocycles. The van der Waals surface area contributed by atoms with Gasteiger partial charge in [0.05, 0.1) is 17.6 Å². The molecule has 0 aliphatic rings. The third kappa shape index (κ3) is 5.57. The van der Waals surface area contributed by atoms with Crippen LogP contribution in [0.25, 0.3) is 0 Å². The first-order valence-electron chi connectivity index (χ1n) is 9.33. The smallest absolute Gasteiger partial charge is 0.273 e. The average Bonchev–Trinajstić information content (AvgIpc) is 2.77. The van der Waals surface area contributed by atoms with Gasteiger partial charge in [-0.1, -0.05) is 35.4 Å². The molecule has 0 unspecified atom stereocenters. The minimum absolute atomic E-state index is 0.0979. The Morgan fingerprint density at radius 2 is 1.59 bits per heavy atom. The van der Waals surface area contributed by atoms with Crippen LogP contribution in [0.2, 0.25) is 5.02 Å². The molecule has 10 heteroatoms. The lowest BCUT2D eigenvalue weighted by molar-refractivity contribution is 0.0845. The van der Waals surface area contributed by atoms with Gasteiger partial charge < -0.3 is 4.74 Å². The van der Waals surface area contributed by atoms with Crippen LogP contribution in [-0.2, 0) is 10.0 Å². The third-order valence-electron chi connectivity index (χ3n) is 4.40. The minimum Gasteiger partial charge on any atom is -0.496 e. The van der Waals surface area contributed by atoms with Gasteiger partial charge in [0, 0.05) is 16.3 Å². The molecule has 2 amide bonds. The number of anilines is 1. The fourth-order valence-corrected chi connectivity index (χ4v) is 3.99. The molecule has 8 nitrogen and oxygen atoms in total. The number of rotatable bonds is 6. The van der Waals surface area contributed by atoms with E-state index < -0.39 is 21.8 Å². The first kappa shape index (κ1) is 23.1. The second-order valence-electron chi connectivity index (χ2n) is 6.75. The summed E-state index contributed by atoms with van der Waals surface area (Å²) < 4.78 is 32.7. The van der Waals surface area contributed by atoms with Crippen molar-refractivity contribution in [1.29, 1.82) is 0 Å². The van der Waals surface area contributed by atoms with Crippen molar-refractivity contribution in [2.75, 3.05) is 11.8 Å². The number of hydrazine groups is 1. The number of halogens is 1. The lowest BCUT2D eigenvalue weighted by Gasteiger charge is -2.12. The van der Waals surface area contributed by atoms with Gasteiger partial charge in [0.15, 0.2) is 0 Å². The van der Waals surface area contributed by atoms with Crippen LogP contribution in [0.15, 0.2) is 71.6 Å². The van der Waals surface area contributed by atoms with Crippen molar-refractivity contribution >= 4 is 39.1 Å². The van der Waals surface area contributed by atoms with E-state index in [-0.39, 0.29) is 27.5 Å². The van der Waals surface area contributed by atoms with E-state index in [1.54, 1.807) is 18.2 Å². The Kier molecular flexibility index (Phi) is 7.01. The molecule has 0 aromatic heterocycles. The lowest BCUT2D eigenvalue weighted by Crippen LogP contribution is -2.41. The molecule has 0 spiro atoms. The summed E-state index contributed by atoms with van der Waals surface area (Å²) in [5.74, 6) is -0.988. The lowest BCUT2D eigenvalue weighted by atomic mass is 10.2. The van der Waals surface area contributed by atoms with Gasteiger partial charge in [-0.3, -0.25) is 25.2 Å². The van der Waals surface area contributed by atoms with Crippen LogP contribution in [0.4, 0.5) is 5.69 Å². The number of ether oxygens (including phenoxy) is 1. The Balaban J connectivity index is 1.70. The molecule has 0 radical (unpaired) electrons. The molecule has 32 heavy (non-hydrogen) atoms. The number of carbonyl (C=O) groups excluding carboxylic acids is 2. The van der Waals surface area contributed by atoms with Gasteiger partial charge in [0.2, 0.25) is 0 Å². The van der Waals surface area contributed by atoms with Crippen molar-refractivity contribution in [3.05, 3.63) is 88.4 Å². The van der Waals surface area contributed by atoms with Crippen molar-refractivity contribution in [2.45, 2.75) is 11.8 Å². The maximum Gasteiger partial charge on any atom is 0.273 e. The summed E-state index contributed by atoms with van der Waals surface area (Å²) in [5.41, 5.74) is 5.96. The van der Waals surface area contributed by atoms with E-state index >= 15 is 0 Å². The summed E-state index contributed by atoms with van der Waals surface area (Å²) in [6, 6.07) is 16.7. The minimum atomic E-state index is -3.82. The molecule has 0 saturated carbocycles. The zero-order chi connectivity index (χ0) is 23.3. The summed E-state index contributed by atoms with van der Waals surface area (Å²) in [6.45, 7) is 1.85. The van der Waals surface area contributed by atoms with Crippen LogP contribution in [0.5, 0.6) is 5.75 Å².